The third-order valence-electron chi connectivity index (χ3n) is 2.17. The standard InChI is InChI=1S/C11H21NO2/c1-6-11(4,5)12-7-8-14-10(13)9(2)3/h12H,2,6-8H2,1,3-5H3. The van der Waals surface area contributed by atoms with Crippen molar-refractivity contribution in [3.8, 4) is 0 Å². The predicted molar refractivity (Wildman–Crippen MR) is 58.1 cm³/mol. The van der Waals surface area contributed by atoms with Crippen molar-refractivity contribution in [3.63, 3.8) is 0 Å². The van der Waals surface area contributed by atoms with Crippen LogP contribution in [0, 0.1) is 0 Å². The molecular weight excluding hydrogens is 178 g/mol. The molecule has 0 saturated heterocycles. The van der Waals surface area contributed by atoms with E-state index in [2.05, 4.69) is 32.7 Å². The molecule has 0 fully saturated rings. The smallest absolute Gasteiger partial charge is 0.333 e. The quantitative estimate of drug-likeness (QED) is 0.403. The molecule has 0 atom stereocenters. The number of nitrogens with one attached hydrogen (secondary N) is 1. The van der Waals surface area contributed by atoms with Crippen LogP contribution in [0.1, 0.15) is 34.1 Å². The van der Waals surface area contributed by atoms with Crippen molar-refractivity contribution >= 4 is 5.97 Å². The molecule has 0 heterocycles. The van der Waals surface area contributed by atoms with Crippen molar-refractivity contribution in [1.29, 1.82) is 0 Å². The van der Waals surface area contributed by atoms with Gasteiger partial charge < -0.3 is 10.1 Å². The summed E-state index contributed by atoms with van der Waals surface area (Å²) in [4.78, 5) is 11.0. The molecule has 0 bridgehead atoms. The molecule has 0 saturated carbocycles. The molecule has 0 amide bonds. The van der Waals surface area contributed by atoms with Crippen LogP contribution in [0.15, 0.2) is 12.2 Å². The van der Waals surface area contributed by atoms with Crippen molar-refractivity contribution in [2.45, 2.75) is 39.7 Å². The summed E-state index contributed by atoms with van der Waals surface area (Å²) in [6.07, 6.45) is 1.04. The lowest BCUT2D eigenvalue weighted by Gasteiger charge is -2.24. The van der Waals surface area contributed by atoms with Crippen LogP contribution in [0.4, 0.5) is 0 Å². The van der Waals surface area contributed by atoms with Gasteiger partial charge in [0.15, 0.2) is 0 Å². The van der Waals surface area contributed by atoms with E-state index in [-0.39, 0.29) is 11.5 Å². The zero-order valence-corrected chi connectivity index (χ0v) is 9.64. The molecule has 0 aromatic heterocycles. The van der Waals surface area contributed by atoms with E-state index in [1.165, 1.54) is 0 Å². The Labute approximate surface area is 86.5 Å². The lowest BCUT2D eigenvalue weighted by Crippen LogP contribution is -2.40. The molecule has 0 aromatic rings. The average molecular weight is 199 g/mol. The fourth-order valence-corrected chi connectivity index (χ4v) is 0.781. The van der Waals surface area contributed by atoms with Crippen LogP contribution in [0.2, 0.25) is 0 Å². The van der Waals surface area contributed by atoms with Crippen LogP contribution >= 0.6 is 0 Å². The lowest BCUT2D eigenvalue weighted by atomic mass is 10.0. The molecule has 0 unspecified atom stereocenters. The van der Waals surface area contributed by atoms with Gasteiger partial charge in [0.1, 0.15) is 6.61 Å². The lowest BCUT2D eigenvalue weighted by molar-refractivity contribution is -0.138. The Kier molecular flexibility index (Phi) is 5.46. The Balaban J connectivity index is 3.57. The maximum Gasteiger partial charge on any atom is 0.333 e. The van der Waals surface area contributed by atoms with E-state index >= 15 is 0 Å². The van der Waals surface area contributed by atoms with Crippen LogP contribution in [-0.4, -0.2) is 24.7 Å². The zero-order valence-electron chi connectivity index (χ0n) is 9.64. The van der Waals surface area contributed by atoms with E-state index in [9.17, 15) is 4.79 Å². The van der Waals surface area contributed by atoms with Crippen molar-refractivity contribution < 1.29 is 9.53 Å². The summed E-state index contributed by atoms with van der Waals surface area (Å²) in [7, 11) is 0. The van der Waals surface area contributed by atoms with Crippen LogP contribution in [-0.2, 0) is 9.53 Å². The highest BCUT2D eigenvalue weighted by molar-refractivity contribution is 5.86. The molecule has 0 aliphatic heterocycles. The van der Waals surface area contributed by atoms with Gasteiger partial charge in [0, 0.05) is 17.7 Å². The van der Waals surface area contributed by atoms with E-state index in [4.69, 9.17) is 4.74 Å². The van der Waals surface area contributed by atoms with Crippen molar-refractivity contribution in [2.75, 3.05) is 13.2 Å². The first kappa shape index (κ1) is 13.2. The second-order valence-electron chi connectivity index (χ2n) is 4.08. The molecule has 14 heavy (non-hydrogen) atoms. The van der Waals surface area contributed by atoms with Gasteiger partial charge in [-0.3, -0.25) is 0 Å². The molecule has 0 aliphatic rings. The van der Waals surface area contributed by atoms with Crippen LogP contribution in [0.5, 0.6) is 0 Å². The first-order chi connectivity index (χ1) is 6.39. The number of hydrogen-bond donors (Lipinski definition) is 1. The molecule has 0 radical (unpaired) electrons. The Morgan fingerprint density at radius 1 is 1.50 bits per heavy atom. The topological polar surface area (TPSA) is 38.3 Å². The summed E-state index contributed by atoms with van der Waals surface area (Å²) in [5.74, 6) is -0.318. The molecule has 0 rings (SSSR count). The number of rotatable bonds is 6. The van der Waals surface area contributed by atoms with Gasteiger partial charge in [0.2, 0.25) is 0 Å². The Bertz CT molecular complexity index is 209. The van der Waals surface area contributed by atoms with Gasteiger partial charge in [0.05, 0.1) is 0 Å². The Morgan fingerprint density at radius 3 is 2.50 bits per heavy atom. The molecule has 3 nitrogen and oxygen atoms in total. The number of carbonyl (C=O) groups excluding carboxylic acids is 1. The maximum atomic E-state index is 11.0. The first-order valence-corrected chi connectivity index (χ1v) is 4.96. The minimum absolute atomic E-state index is 0.107. The first-order valence-electron chi connectivity index (χ1n) is 4.96. The van der Waals surface area contributed by atoms with E-state index < -0.39 is 0 Å². The molecule has 0 spiro atoms. The van der Waals surface area contributed by atoms with Crippen molar-refractivity contribution in [3.05, 3.63) is 12.2 Å². The Morgan fingerprint density at radius 2 is 2.07 bits per heavy atom. The molecule has 3 heteroatoms. The summed E-state index contributed by atoms with van der Waals surface area (Å²) in [5.41, 5.74) is 0.551. The van der Waals surface area contributed by atoms with Gasteiger partial charge in [-0.1, -0.05) is 13.5 Å². The minimum atomic E-state index is -0.318. The fraction of sp³-hybridized carbons (Fsp3) is 0.727. The third-order valence-corrected chi connectivity index (χ3v) is 2.17. The second kappa shape index (κ2) is 5.81. The summed E-state index contributed by atoms with van der Waals surface area (Å²) in [5, 5.41) is 3.30. The van der Waals surface area contributed by atoms with Crippen LogP contribution in [0.3, 0.4) is 0 Å². The normalized spacial score (nSPS) is 11.1. The van der Waals surface area contributed by atoms with E-state index in [1.807, 2.05) is 0 Å². The van der Waals surface area contributed by atoms with E-state index in [1.54, 1.807) is 6.92 Å². The van der Waals surface area contributed by atoms with Crippen molar-refractivity contribution in [2.24, 2.45) is 0 Å². The highest BCUT2D eigenvalue weighted by Crippen LogP contribution is 2.05. The molecule has 0 aromatic carbocycles. The number of carbonyl (C=O) groups is 1. The van der Waals surface area contributed by atoms with E-state index in [0.29, 0.717) is 18.7 Å². The molecule has 82 valence electrons. The highest BCUT2D eigenvalue weighted by Gasteiger charge is 2.13. The monoisotopic (exact) mass is 199 g/mol. The summed E-state index contributed by atoms with van der Waals surface area (Å²) >= 11 is 0. The average Bonchev–Trinajstić information content (AvgIpc) is 2.12. The van der Waals surface area contributed by atoms with Gasteiger partial charge in [0.25, 0.3) is 0 Å². The van der Waals surface area contributed by atoms with Gasteiger partial charge >= 0.3 is 5.97 Å². The van der Waals surface area contributed by atoms with E-state index in [0.717, 1.165) is 6.42 Å². The summed E-state index contributed by atoms with van der Waals surface area (Å²) < 4.78 is 4.94. The highest BCUT2D eigenvalue weighted by atomic mass is 16.5. The van der Waals surface area contributed by atoms with Crippen LogP contribution < -0.4 is 5.32 Å². The number of hydrogen-bond acceptors (Lipinski definition) is 3. The molecule has 1 N–H and O–H groups in total. The summed E-state index contributed by atoms with van der Waals surface area (Å²) in [6.45, 7) is 12.6. The maximum absolute atomic E-state index is 11.0. The number of ether oxygens (including phenoxy) is 1. The largest absolute Gasteiger partial charge is 0.461 e. The van der Waals surface area contributed by atoms with Gasteiger partial charge in [-0.2, -0.15) is 0 Å². The Hall–Kier alpha value is -0.830. The van der Waals surface area contributed by atoms with Crippen LogP contribution in [0.25, 0.3) is 0 Å². The van der Waals surface area contributed by atoms with Gasteiger partial charge in [-0.15, -0.1) is 0 Å². The third kappa shape index (κ3) is 5.75. The fourth-order valence-electron chi connectivity index (χ4n) is 0.781. The summed E-state index contributed by atoms with van der Waals surface area (Å²) in [6, 6.07) is 0. The minimum Gasteiger partial charge on any atom is -0.461 e. The molecular formula is C11H21NO2. The number of esters is 1. The van der Waals surface area contributed by atoms with Crippen molar-refractivity contribution in [1.82, 2.24) is 5.32 Å². The SMILES string of the molecule is C=C(C)C(=O)OCCNC(C)(C)CC. The molecule has 0 aliphatic carbocycles. The van der Waals surface area contributed by atoms with Gasteiger partial charge in [-0.05, 0) is 27.2 Å². The zero-order chi connectivity index (χ0) is 11.2. The second-order valence-corrected chi connectivity index (χ2v) is 4.08. The van der Waals surface area contributed by atoms with Gasteiger partial charge in [-0.25, -0.2) is 4.79 Å². The predicted octanol–water partition coefficient (Wildman–Crippen LogP) is 1.88.